The predicted octanol–water partition coefficient (Wildman–Crippen LogP) is 2.30. The maximum Gasteiger partial charge on any atom is 0.273 e. The van der Waals surface area contributed by atoms with Gasteiger partial charge in [0.25, 0.3) is 5.56 Å². The van der Waals surface area contributed by atoms with E-state index in [1.165, 1.54) is 17.8 Å². The second-order valence-electron chi connectivity index (χ2n) is 4.91. The molecule has 124 valence electrons. The molecule has 1 heterocycles. The summed E-state index contributed by atoms with van der Waals surface area (Å²) in [7, 11) is 0. The van der Waals surface area contributed by atoms with E-state index in [0.29, 0.717) is 18.2 Å². The standard InChI is InChI=1S/C17H18N4O2S/c1-2-20-12-9-15(22)19-17(20)24-13-16(23)21(11-6-10-18)14-7-4-3-5-8-14/h3-5,7-9,12H,2,6,11,13H2,1H3. The fourth-order valence-electron chi connectivity index (χ4n) is 2.14. The van der Waals surface area contributed by atoms with E-state index in [-0.39, 0.29) is 23.6 Å². The lowest BCUT2D eigenvalue weighted by Gasteiger charge is -2.21. The van der Waals surface area contributed by atoms with Gasteiger partial charge in [-0.25, -0.2) is 0 Å². The first-order valence-corrected chi connectivity index (χ1v) is 8.57. The van der Waals surface area contributed by atoms with Crippen molar-refractivity contribution >= 4 is 23.4 Å². The number of amides is 1. The molecule has 2 aromatic rings. The van der Waals surface area contributed by atoms with Crippen molar-refractivity contribution in [2.45, 2.75) is 25.0 Å². The molecule has 1 aromatic carbocycles. The highest BCUT2D eigenvalue weighted by atomic mass is 32.2. The number of hydrogen-bond acceptors (Lipinski definition) is 5. The van der Waals surface area contributed by atoms with Gasteiger partial charge in [-0.15, -0.1) is 0 Å². The minimum absolute atomic E-state index is 0.123. The van der Waals surface area contributed by atoms with Crippen LogP contribution in [0.15, 0.2) is 52.5 Å². The van der Waals surface area contributed by atoms with Gasteiger partial charge in [0.15, 0.2) is 5.16 Å². The topological polar surface area (TPSA) is 79.0 Å². The number of carbonyl (C=O) groups excluding carboxylic acids is 1. The first-order valence-electron chi connectivity index (χ1n) is 7.58. The van der Waals surface area contributed by atoms with Crippen molar-refractivity contribution in [2.75, 3.05) is 17.2 Å². The third-order valence-corrected chi connectivity index (χ3v) is 4.31. The summed E-state index contributed by atoms with van der Waals surface area (Å²) >= 11 is 1.23. The van der Waals surface area contributed by atoms with Gasteiger partial charge in [-0.3, -0.25) is 9.59 Å². The van der Waals surface area contributed by atoms with Gasteiger partial charge in [-0.05, 0) is 19.1 Å². The first-order chi connectivity index (χ1) is 11.7. The number of benzene rings is 1. The zero-order valence-electron chi connectivity index (χ0n) is 13.4. The van der Waals surface area contributed by atoms with Gasteiger partial charge in [0, 0.05) is 31.0 Å². The maximum atomic E-state index is 12.6. The van der Waals surface area contributed by atoms with Crippen LogP contribution < -0.4 is 10.5 Å². The van der Waals surface area contributed by atoms with Crippen molar-refractivity contribution in [2.24, 2.45) is 0 Å². The van der Waals surface area contributed by atoms with Crippen LogP contribution in [0.3, 0.4) is 0 Å². The molecular weight excluding hydrogens is 324 g/mol. The average Bonchev–Trinajstić information content (AvgIpc) is 2.61. The summed E-state index contributed by atoms with van der Waals surface area (Å²) in [5, 5.41) is 9.33. The molecule has 0 radical (unpaired) electrons. The molecule has 6 nitrogen and oxygen atoms in total. The lowest BCUT2D eigenvalue weighted by atomic mass is 10.2. The van der Waals surface area contributed by atoms with Crippen molar-refractivity contribution in [1.29, 1.82) is 5.26 Å². The lowest BCUT2D eigenvalue weighted by molar-refractivity contribution is -0.116. The van der Waals surface area contributed by atoms with Gasteiger partial charge in [0.05, 0.1) is 18.2 Å². The number of thioether (sulfide) groups is 1. The highest BCUT2D eigenvalue weighted by Gasteiger charge is 2.16. The fourth-order valence-corrected chi connectivity index (χ4v) is 3.06. The van der Waals surface area contributed by atoms with E-state index < -0.39 is 0 Å². The summed E-state index contributed by atoms with van der Waals surface area (Å²) < 4.78 is 1.82. The molecule has 0 aliphatic rings. The highest BCUT2D eigenvalue weighted by Crippen LogP contribution is 2.19. The Hall–Kier alpha value is -2.59. The minimum Gasteiger partial charge on any atom is -0.328 e. The Morgan fingerprint density at radius 1 is 1.33 bits per heavy atom. The highest BCUT2D eigenvalue weighted by molar-refractivity contribution is 7.99. The Balaban J connectivity index is 2.12. The van der Waals surface area contributed by atoms with Crippen molar-refractivity contribution in [1.82, 2.24) is 9.55 Å². The number of carbonyl (C=O) groups is 1. The molecule has 1 aromatic heterocycles. The maximum absolute atomic E-state index is 12.6. The molecule has 1 amide bonds. The predicted molar refractivity (Wildman–Crippen MR) is 93.9 cm³/mol. The van der Waals surface area contributed by atoms with E-state index in [9.17, 15) is 9.59 Å². The molecule has 0 unspecified atom stereocenters. The van der Waals surface area contributed by atoms with Crippen molar-refractivity contribution in [3.63, 3.8) is 0 Å². The number of rotatable bonds is 7. The molecule has 0 spiro atoms. The fraction of sp³-hybridized carbons (Fsp3) is 0.294. The Morgan fingerprint density at radius 3 is 2.75 bits per heavy atom. The summed E-state index contributed by atoms with van der Waals surface area (Å²) in [6.07, 6.45) is 1.93. The quantitative estimate of drug-likeness (QED) is 0.570. The summed E-state index contributed by atoms with van der Waals surface area (Å²) in [5.41, 5.74) is 0.436. The molecule has 24 heavy (non-hydrogen) atoms. The second-order valence-corrected chi connectivity index (χ2v) is 5.85. The Kier molecular flexibility index (Phi) is 6.58. The monoisotopic (exact) mass is 342 g/mol. The normalized spacial score (nSPS) is 10.2. The van der Waals surface area contributed by atoms with Crippen molar-refractivity contribution in [3.05, 3.63) is 52.9 Å². The van der Waals surface area contributed by atoms with E-state index >= 15 is 0 Å². The van der Waals surface area contributed by atoms with Crippen molar-refractivity contribution in [3.8, 4) is 6.07 Å². The van der Waals surface area contributed by atoms with Crippen molar-refractivity contribution < 1.29 is 4.79 Å². The SMILES string of the molecule is CCn1ccc(=O)nc1SCC(=O)N(CCC#N)c1ccccc1. The zero-order valence-corrected chi connectivity index (χ0v) is 14.2. The van der Waals surface area contributed by atoms with Crippen LogP contribution in [0.5, 0.6) is 0 Å². The summed E-state index contributed by atoms with van der Waals surface area (Å²) in [6, 6.07) is 12.7. The molecule has 0 bridgehead atoms. The number of hydrogen-bond donors (Lipinski definition) is 0. The molecule has 0 atom stereocenters. The van der Waals surface area contributed by atoms with Crippen LogP contribution in [-0.4, -0.2) is 27.8 Å². The van der Waals surface area contributed by atoms with E-state index in [1.807, 2.05) is 41.8 Å². The van der Waals surface area contributed by atoms with Gasteiger partial charge < -0.3 is 9.47 Å². The molecule has 0 aliphatic carbocycles. The third-order valence-electron chi connectivity index (χ3n) is 3.33. The summed E-state index contributed by atoms with van der Waals surface area (Å²) in [5.74, 6) is 0.0266. The molecule has 2 rings (SSSR count). The van der Waals surface area contributed by atoms with Crippen LogP contribution in [0.2, 0.25) is 0 Å². The van der Waals surface area contributed by atoms with Crippen LogP contribution in [0.1, 0.15) is 13.3 Å². The number of aryl methyl sites for hydroxylation is 1. The van der Waals surface area contributed by atoms with Crippen LogP contribution in [0.25, 0.3) is 0 Å². The Morgan fingerprint density at radius 2 is 2.08 bits per heavy atom. The molecule has 7 heteroatoms. The lowest BCUT2D eigenvalue weighted by Crippen LogP contribution is -2.33. The van der Waals surface area contributed by atoms with Gasteiger partial charge in [0.1, 0.15) is 0 Å². The number of para-hydroxylation sites is 1. The molecule has 0 fully saturated rings. The van der Waals surface area contributed by atoms with Gasteiger partial charge >= 0.3 is 0 Å². The van der Waals surface area contributed by atoms with Gasteiger partial charge in [-0.2, -0.15) is 10.2 Å². The third kappa shape index (κ3) is 4.70. The van der Waals surface area contributed by atoms with E-state index in [1.54, 1.807) is 11.1 Å². The van der Waals surface area contributed by atoms with Crippen LogP contribution in [0, 0.1) is 11.3 Å². The first kappa shape index (κ1) is 17.8. The van der Waals surface area contributed by atoms with Gasteiger partial charge in [-0.1, -0.05) is 30.0 Å². The van der Waals surface area contributed by atoms with Crippen LogP contribution in [-0.2, 0) is 11.3 Å². The van der Waals surface area contributed by atoms with E-state index in [0.717, 1.165) is 5.69 Å². The molecular formula is C17H18N4O2S. The Labute approximate surface area is 144 Å². The largest absolute Gasteiger partial charge is 0.328 e. The number of nitriles is 1. The van der Waals surface area contributed by atoms with Gasteiger partial charge in [0.2, 0.25) is 5.91 Å². The minimum atomic E-state index is -0.320. The average molecular weight is 342 g/mol. The zero-order chi connectivity index (χ0) is 17.4. The summed E-state index contributed by atoms with van der Waals surface area (Å²) in [6.45, 7) is 2.95. The number of aromatic nitrogens is 2. The smallest absolute Gasteiger partial charge is 0.273 e. The van der Waals surface area contributed by atoms with E-state index in [4.69, 9.17) is 5.26 Å². The number of nitrogens with zero attached hydrogens (tertiary/aromatic N) is 4. The summed E-state index contributed by atoms with van der Waals surface area (Å²) in [4.78, 5) is 29.6. The molecule has 0 saturated heterocycles. The second kappa shape index (κ2) is 8.89. The molecule has 0 aliphatic heterocycles. The molecule has 0 N–H and O–H groups in total. The molecule has 0 saturated carbocycles. The van der Waals surface area contributed by atoms with Crippen LogP contribution in [0.4, 0.5) is 5.69 Å². The number of anilines is 1. The van der Waals surface area contributed by atoms with E-state index in [2.05, 4.69) is 11.1 Å². The Bertz CT molecular complexity index is 783. The van der Waals surface area contributed by atoms with Crippen LogP contribution >= 0.6 is 11.8 Å².